The van der Waals surface area contributed by atoms with E-state index in [2.05, 4.69) is 23.9 Å². The van der Waals surface area contributed by atoms with Gasteiger partial charge in [-0.05, 0) is 24.5 Å². The van der Waals surface area contributed by atoms with Crippen molar-refractivity contribution >= 4 is 22.7 Å². The summed E-state index contributed by atoms with van der Waals surface area (Å²) in [5.41, 5.74) is 2.98. The summed E-state index contributed by atoms with van der Waals surface area (Å²) in [6, 6.07) is 6.89. The molecule has 1 unspecified atom stereocenters. The zero-order chi connectivity index (χ0) is 24.2. The largest absolute Gasteiger partial charge is 0.497 e. The van der Waals surface area contributed by atoms with Crippen molar-refractivity contribution in [1.82, 2.24) is 24.7 Å². The normalized spacial score (nSPS) is 12.1. The third kappa shape index (κ3) is 4.78. The number of aryl methyl sites for hydroxylation is 1. The van der Waals surface area contributed by atoms with Gasteiger partial charge in [0.15, 0.2) is 17.2 Å². The maximum atomic E-state index is 15.5. The molecule has 0 saturated carbocycles. The lowest BCUT2D eigenvalue weighted by Crippen LogP contribution is -2.26. The Bertz CT molecular complexity index is 1290. The second-order valence-corrected chi connectivity index (χ2v) is 8.34. The van der Waals surface area contributed by atoms with Crippen LogP contribution in [0.25, 0.3) is 22.4 Å². The number of halogens is 1. The van der Waals surface area contributed by atoms with Crippen LogP contribution < -0.4 is 14.4 Å². The van der Waals surface area contributed by atoms with E-state index in [1.54, 1.807) is 30.3 Å². The second kappa shape index (κ2) is 10.0. The molecule has 0 amide bonds. The summed E-state index contributed by atoms with van der Waals surface area (Å²) >= 11 is 0. The lowest BCUT2D eigenvalue weighted by Gasteiger charge is -2.28. The summed E-state index contributed by atoms with van der Waals surface area (Å²) in [5.74, 6) is 1.01. The molecule has 0 spiro atoms. The van der Waals surface area contributed by atoms with Crippen LogP contribution in [0.2, 0.25) is 0 Å². The fraction of sp³-hybridized carbons (Fsp3) is 0.360. The van der Waals surface area contributed by atoms with Gasteiger partial charge >= 0.3 is 0 Å². The highest BCUT2D eigenvalue weighted by Gasteiger charge is 2.22. The van der Waals surface area contributed by atoms with Gasteiger partial charge < -0.3 is 14.4 Å². The Balaban J connectivity index is 1.83. The van der Waals surface area contributed by atoms with E-state index in [9.17, 15) is 0 Å². The highest BCUT2D eigenvalue weighted by Crippen LogP contribution is 2.37. The van der Waals surface area contributed by atoms with E-state index < -0.39 is 5.82 Å². The van der Waals surface area contributed by atoms with E-state index in [1.807, 2.05) is 30.3 Å². The van der Waals surface area contributed by atoms with Crippen molar-refractivity contribution in [2.45, 2.75) is 26.7 Å². The second-order valence-electron chi connectivity index (χ2n) is 8.34. The zero-order valence-corrected chi connectivity index (χ0v) is 20.1. The summed E-state index contributed by atoms with van der Waals surface area (Å²) in [7, 11) is 4.83. The van der Waals surface area contributed by atoms with Crippen molar-refractivity contribution in [2.75, 3.05) is 25.7 Å². The molecule has 0 fully saturated rings. The van der Waals surface area contributed by atoms with Crippen LogP contribution in [-0.2, 0) is 7.05 Å². The number of anilines is 2. The molecule has 8 nitrogen and oxygen atoms in total. The number of methoxy groups -OCH3 is 2. The monoisotopic (exact) mass is 464 g/mol. The van der Waals surface area contributed by atoms with Crippen LogP contribution in [0.3, 0.4) is 0 Å². The SMILES string of the molecule is CCCC(C)CN(c1ccc2ncc(-c3cnn(C)c3)nc2n1)c1cc(OC)cc(OC)c1F. The van der Waals surface area contributed by atoms with Crippen molar-refractivity contribution in [3.8, 4) is 22.8 Å². The van der Waals surface area contributed by atoms with Gasteiger partial charge in [-0.25, -0.2) is 14.4 Å². The summed E-state index contributed by atoms with van der Waals surface area (Å²) < 4.78 is 27.9. The summed E-state index contributed by atoms with van der Waals surface area (Å²) in [4.78, 5) is 15.9. The number of hydrogen-bond donors (Lipinski definition) is 0. The number of nitrogens with zero attached hydrogens (tertiary/aromatic N) is 6. The molecule has 4 aromatic rings. The number of ether oxygens (including phenoxy) is 2. The minimum Gasteiger partial charge on any atom is -0.497 e. The predicted octanol–water partition coefficient (Wildman–Crippen LogP) is 5.16. The quantitative estimate of drug-likeness (QED) is 0.339. The molecule has 0 N–H and O–H groups in total. The van der Waals surface area contributed by atoms with Crippen LogP contribution in [0.1, 0.15) is 26.7 Å². The lowest BCUT2D eigenvalue weighted by atomic mass is 10.0. The van der Waals surface area contributed by atoms with Crippen molar-refractivity contribution < 1.29 is 13.9 Å². The number of benzene rings is 1. The van der Waals surface area contributed by atoms with Gasteiger partial charge in [0.2, 0.25) is 0 Å². The molecule has 34 heavy (non-hydrogen) atoms. The van der Waals surface area contributed by atoms with Gasteiger partial charge in [0.05, 0.1) is 38.0 Å². The van der Waals surface area contributed by atoms with Gasteiger partial charge in [0.1, 0.15) is 17.1 Å². The Hall–Kier alpha value is -3.75. The molecule has 9 heteroatoms. The number of aromatic nitrogens is 5. The van der Waals surface area contributed by atoms with Crippen molar-refractivity contribution in [2.24, 2.45) is 13.0 Å². The molecule has 1 atom stereocenters. The van der Waals surface area contributed by atoms with E-state index in [-0.39, 0.29) is 5.75 Å². The predicted molar refractivity (Wildman–Crippen MR) is 130 cm³/mol. The zero-order valence-electron chi connectivity index (χ0n) is 20.1. The fourth-order valence-electron chi connectivity index (χ4n) is 3.96. The lowest BCUT2D eigenvalue weighted by molar-refractivity contribution is 0.374. The molecule has 0 saturated heterocycles. The molecule has 0 radical (unpaired) electrons. The first kappa shape index (κ1) is 23.4. The smallest absolute Gasteiger partial charge is 0.188 e. The third-order valence-corrected chi connectivity index (χ3v) is 5.68. The number of rotatable bonds is 9. The molecule has 0 aliphatic rings. The Kier molecular flexibility index (Phi) is 6.90. The maximum Gasteiger partial charge on any atom is 0.188 e. The van der Waals surface area contributed by atoms with Gasteiger partial charge in [-0.1, -0.05) is 20.3 Å². The molecule has 0 bridgehead atoms. The first-order chi connectivity index (χ1) is 16.4. The minimum atomic E-state index is -0.468. The molecular weight excluding hydrogens is 435 g/mol. The average Bonchev–Trinajstić information content (AvgIpc) is 3.28. The Labute approximate surface area is 198 Å². The third-order valence-electron chi connectivity index (χ3n) is 5.68. The van der Waals surface area contributed by atoms with E-state index in [0.717, 1.165) is 18.4 Å². The molecule has 0 aliphatic carbocycles. The van der Waals surface area contributed by atoms with Crippen LogP contribution in [0, 0.1) is 11.7 Å². The molecule has 178 valence electrons. The Morgan fingerprint density at radius 1 is 1.12 bits per heavy atom. The van der Waals surface area contributed by atoms with Gasteiger partial charge in [-0.2, -0.15) is 5.10 Å². The number of hydrogen-bond acceptors (Lipinski definition) is 7. The molecule has 0 aliphatic heterocycles. The van der Waals surface area contributed by atoms with E-state index in [4.69, 9.17) is 19.4 Å². The van der Waals surface area contributed by atoms with E-state index in [1.165, 1.54) is 13.2 Å². The Morgan fingerprint density at radius 3 is 2.62 bits per heavy atom. The van der Waals surface area contributed by atoms with Crippen LogP contribution in [0.4, 0.5) is 15.9 Å². The summed E-state index contributed by atoms with van der Waals surface area (Å²) in [5, 5.41) is 4.21. The van der Waals surface area contributed by atoms with Gasteiger partial charge in [0, 0.05) is 37.5 Å². The van der Waals surface area contributed by atoms with Gasteiger partial charge in [-0.3, -0.25) is 9.67 Å². The highest BCUT2D eigenvalue weighted by molar-refractivity contribution is 5.77. The molecular formula is C25H29FN6O2. The maximum absolute atomic E-state index is 15.5. The first-order valence-corrected chi connectivity index (χ1v) is 11.2. The molecule has 3 heterocycles. The van der Waals surface area contributed by atoms with E-state index in [0.29, 0.717) is 46.6 Å². The highest BCUT2D eigenvalue weighted by atomic mass is 19.1. The van der Waals surface area contributed by atoms with Crippen LogP contribution in [-0.4, -0.2) is 45.5 Å². The molecule has 3 aromatic heterocycles. The fourth-order valence-corrected chi connectivity index (χ4v) is 3.96. The molecule has 1 aromatic carbocycles. The van der Waals surface area contributed by atoms with Gasteiger partial charge in [-0.15, -0.1) is 0 Å². The van der Waals surface area contributed by atoms with Crippen molar-refractivity contribution in [3.63, 3.8) is 0 Å². The van der Waals surface area contributed by atoms with Crippen molar-refractivity contribution in [3.05, 3.63) is 48.7 Å². The standard InChI is InChI=1S/C25H29FN6O2/c1-6-7-16(2)14-32(21-10-18(33-4)11-22(34-5)24(21)26)23-9-8-19-25(30-23)29-20(13-27-19)17-12-28-31(3)15-17/h8-13,15-16H,6-7,14H2,1-5H3. The van der Waals surface area contributed by atoms with Crippen molar-refractivity contribution in [1.29, 1.82) is 0 Å². The van der Waals surface area contributed by atoms with Crippen LogP contribution >= 0.6 is 0 Å². The molecule has 4 rings (SSSR count). The Morgan fingerprint density at radius 2 is 1.94 bits per heavy atom. The minimum absolute atomic E-state index is 0.113. The van der Waals surface area contributed by atoms with Gasteiger partial charge in [0.25, 0.3) is 0 Å². The average molecular weight is 465 g/mol. The first-order valence-electron chi connectivity index (χ1n) is 11.2. The summed E-state index contributed by atoms with van der Waals surface area (Å²) in [6.07, 6.45) is 7.34. The topological polar surface area (TPSA) is 78.2 Å². The van der Waals surface area contributed by atoms with E-state index >= 15 is 4.39 Å². The summed E-state index contributed by atoms with van der Waals surface area (Å²) in [6.45, 7) is 4.85. The number of pyridine rings is 1. The van der Waals surface area contributed by atoms with Crippen LogP contribution in [0.5, 0.6) is 11.5 Å². The number of fused-ring (bicyclic) bond motifs is 1. The van der Waals surface area contributed by atoms with Crippen LogP contribution in [0.15, 0.2) is 42.9 Å².